The molecule has 3 N–H and O–H groups in total. The molecule has 0 aliphatic heterocycles. The van der Waals surface area contributed by atoms with E-state index in [2.05, 4.69) is 31.5 Å². The average Bonchev–Trinajstić information content (AvgIpc) is 3.59. The molecule has 304 valence electrons. The van der Waals surface area contributed by atoms with Crippen LogP contribution in [0.2, 0.25) is 10.0 Å². The molecule has 3 amide bonds. The Kier molecular flexibility index (Phi) is 15.6. The molecule has 0 radical (unpaired) electrons. The first-order valence-corrected chi connectivity index (χ1v) is 18.7. The third kappa shape index (κ3) is 12.5. The van der Waals surface area contributed by atoms with Crippen molar-refractivity contribution in [3.63, 3.8) is 0 Å². The maximum atomic E-state index is 14.1. The monoisotopic (exact) mass is 825 g/mol. The Labute approximate surface area is 339 Å². The van der Waals surface area contributed by atoms with E-state index in [1.807, 2.05) is 18.2 Å². The molecule has 16 nitrogen and oxygen atoms in total. The van der Waals surface area contributed by atoms with Gasteiger partial charge in [0.15, 0.2) is 18.2 Å². The van der Waals surface area contributed by atoms with Crippen molar-refractivity contribution in [1.29, 1.82) is 0 Å². The molecule has 0 aliphatic carbocycles. The summed E-state index contributed by atoms with van der Waals surface area (Å²) in [6.07, 6.45) is -0.474. The number of carbonyl (C=O) groups is 6. The van der Waals surface area contributed by atoms with Crippen molar-refractivity contribution in [3.8, 4) is 0 Å². The minimum atomic E-state index is -1.54. The highest BCUT2D eigenvalue weighted by Gasteiger charge is 2.34. The van der Waals surface area contributed by atoms with Gasteiger partial charge in [0, 0.05) is 19.1 Å². The molecule has 1 aromatic heterocycles. The molecular formula is C39H45Cl2N7O9. The zero-order valence-corrected chi connectivity index (χ0v) is 33.8. The van der Waals surface area contributed by atoms with Gasteiger partial charge in [-0.1, -0.05) is 79.5 Å². The number of Topliss-reactive ketones (excluding diaryl/α,β-unsaturated/α-hetero) is 1. The molecule has 0 fully saturated rings. The average molecular weight is 827 g/mol. The summed E-state index contributed by atoms with van der Waals surface area (Å²) in [5.41, 5.74) is -0.759. The van der Waals surface area contributed by atoms with E-state index in [9.17, 15) is 28.8 Å². The van der Waals surface area contributed by atoms with Crippen molar-refractivity contribution in [2.75, 3.05) is 13.7 Å². The number of carbonyl (C=O) groups excluding carboxylic acids is 6. The van der Waals surface area contributed by atoms with Crippen LogP contribution in [0.4, 0.5) is 0 Å². The second-order valence-electron chi connectivity index (χ2n) is 14.3. The van der Waals surface area contributed by atoms with Crippen LogP contribution in [-0.2, 0) is 46.5 Å². The maximum Gasteiger partial charge on any atom is 0.341 e. The molecule has 57 heavy (non-hydrogen) atoms. The van der Waals surface area contributed by atoms with Crippen LogP contribution in [0.25, 0.3) is 10.8 Å². The fourth-order valence-corrected chi connectivity index (χ4v) is 6.23. The lowest BCUT2D eigenvalue weighted by atomic mass is 10.00. The van der Waals surface area contributed by atoms with E-state index in [1.165, 1.54) is 30.0 Å². The number of aromatic nitrogens is 4. The predicted molar refractivity (Wildman–Crippen MR) is 209 cm³/mol. The van der Waals surface area contributed by atoms with Gasteiger partial charge in [0.25, 0.3) is 5.91 Å². The summed E-state index contributed by atoms with van der Waals surface area (Å²) in [7, 11) is 1.47. The van der Waals surface area contributed by atoms with Gasteiger partial charge in [-0.15, -0.1) is 5.10 Å². The number of ketones is 1. The summed E-state index contributed by atoms with van der Waals surface area (Å²) < 4.78 is 17.1. The zero-order chi connectivity index (χ0) is 41.9. The van der Waals surface area contributed by atoms with Crippen LogP contribution in [0.1, 0.15) is 74.0 Å². The summed E-state index contributed by atoms with van der Waals surface area (Å²) >= 11 is 12.2. The number of esters is 2. The highest BCUT2D eigenvalue weighted by atomic mass is 35.5. The first-order valence-electron chi connectivity index (χ1n) is 18.0. The Morgan fingerprint density at radius 1 is 0.842 bits per heavy atom. The lowest BCUT2D eigenvalue weighted by Crippen LogP contribution is -2.58. The van der Waals surface area contributed by atoms with E-state index in [0.717, 1.165) is 5.39 Å². The van der Waals surface area contributed by atoms with Crippen LogP contribution in [0.5, 0.6) is 0 Å². The van der Waals surface area contributed by atoms with Crippen molar-refractivity contribution < 1.29 is 43.0 Å². The SMILES string of the molecule is COCn1nnnc1CC[C@H](NC(=O)c1cccc2ccccc12)C(=O)N[C@H](C(=O)N[C@@H](CC(=O)OC(C)(C)C)C(=O)COC(=O)c1c(Cl)cccc1Cl)C(C)C. The second-order valence-corrected chi connectivity index (χ2v) is 15.1. The number of tetrazole rings is 1. The van der Waals surface area contributed by atoms with Gasteiger partial charge in [0.1, 0.15) is 30.5 Å². The zero-order valence-electron chi connectivity index (χ0n) is 32.3. The molecule has 4 aromatic rings. The molecule has 0 spiro atoms. The van der Waals surface area contributed by atoms with Gasteiger partial charge >= 0.3 is 11.9 Å². The number of ether oxygens (including phenoxy) is 3. The summed E-state index contributed by atoms with van der Waals surface area (Å²) in [5.74, 6) is -4.94. The number of fused-ring (bicyclic) bond motifs is 1. The lowest BCUT2D eigenvalue weighted by molar-refractivity contribution is -0.156. The number of hydrogen-bond donors (Lipinski definition) is 3. The van der Waals surface area contributed by atoms with Gasteiger partial charge in [-0.3, -0.25) is 24.0 Å². The van der Waals surface area contributed by atoms with Gasteiger partial charge in [0.05, 0.1) is 22.0 Å². The largest absolute Gasteiger partial charge is 0.460 e. The Bertz CT molecular complexity index is 2080. The molecular weight excluding hydrogens is 781 g/mol. The normalized spacial score (nSPS) is 13.0. The number of nitrogens with one attached hydrogen (secondary N) is 3. The Morgan fingerprint density at radius 3 is 2.18 bits per heavy atom. The number of benzene rings is 3. The van der Waals surface area contributed by atoms with Crippen LogP contribution in [0.15, 0.2) is 60.7 Å². The van der Waals surface area contributed by atoms with Crippen LogP contribution < -0.4 is 16.0 Å². The maximum absolute atomic E-state index is 14.1. The van der Waals surface area contributed by atoms with Gasteiger partial charge in [0.2, 0.25) is 11.8 Å². The summed E-state index contributed by atoms with van der Waals surface area (Å²) in [4.78, 5) is 81.0. The van der Waals surface area contributed by atoms with Crippen LogP contribution in [0.3, 0.4) is 0 Å². The minimum absolute atomic E-state index is 0.00535. The lowest BCUT2D eigenvalue weighted by Gasteiger charge is -2.27. The second kappa shape index (κ2) is 20.1. The third-order valence-electron chi connectivity index (χ3n) is 8.43. The van der Waals surface area contributed by atoms with Crippen molar-refractivity contribution >= 4 is 69.4 Å². The quantitative estimate of drug-likeness (QED) is 0.120. The van der Waals surface area contributed by atoms with E-state index in [0.29, 0.717) is 16.8 Å². The summed E-state index contributed by atoms with van der Waals surface area (Å²) in [5, 5.41) is 21.1. The molecule has 18 heteroatoms. The highest BCUT2D eigenvalue weighted by Crippen LogP contribution is 2.25. The Hall–Kier alpha value is -5.45. The third-order valence-corrected chi connectivity index (χ3v) is 9.06. The van der Waals surface area contributed by atoms with Gasteiger partial charge in [-0.25, -0.2) is 9.48 Å². The van der Waals surface area contributed by atoms with Crippen LogP contribution >= 0.6 is 23.2 Å². The van der Waals surface area contributed by atoms with E-state index >= 15 is 0 Å². The smallest absolute Gasteiger partial charge is 0.341 e. The molecule has 0 aliphatic rings. The first kappa shape index (κ1) is 44.3. The van der Waals surface area contributed by atoms with Gasteiger partial charge < -0.3 is 30.2 Å². The number of rotatable bonds is 18. The van der Waals surface area contributed by atoms with Crippen LogP contribution in [0, 0.1) is 5.92 Å². The Balaban J connectivity index is 1.56. The number of nitrogens with zero attached hydrogens (tertiary/aromatic N) is 4. The van der Waals surface area contributed by atoms with E-state index in [4.69, 9.17) is 37.4 Å². The number of amides is 3. The standard InChI is InChI=1S/C39H45Cl2N7O9/c1-22(2)34(37(53)43-29(19-32(50)57-39(3,4)5)30(49)20-56-38(54)33-26(40)15-10-16-27(33)41)44-36(52)28(17-18-31-45-46-47-48(31)21-55-6)42-35(51)25-14-9-12-23-11-7-8-13-24(23)25/h7-16,22,28-29,34H,17-21H2,1-6H3,(H,42,51)(H,43,53)(H,44,52)/t28-,29-,34-/m0/s1. The summed E-state index contributed by atoms with van der Waals surface area (Å²) in [6, 6.07) is 12.9. The first-order chi connectivity index (χ1) is 27.0. The molecule has 3 atom stereocenters. The van der Waals surface area contributed by atoms with E-state index < -0.39 is 78.1 Å². The molecule has 3 aromatic carbocycles. The minimum Gasteiger partial charge on any atom is -0.460 e. The topological polar surface area (TPSA) is 210 Å². The van der Waals surface area contributed by atoms with Crippen molar-refractivity contribution in [1.82, 2.24) is 36.2 Å². The fraction of sp³-hybridized carbons (Fsp3) is 0.410. The fourth-order valence-electron chi connectivity index (χ4n) is 5.67. The summed E-state index contributed by atoms with van der Waals surface area (Å²) in [6.45, 7) is 7.40. The number of hydrogen-bond acceptors (Lipinski definition) is 12. The predicted octanol–water partition coefficient (Wildman–Crippen LogP) is 4.25. The van der Waals surface area contributed by atoms with Gasteiger partial charge in [-0.2, -0.15) is 0 Å². The Morgan fingerprint density at radius 2 is 1.51 bits per heavy atom. The molecule has 0 saturated heterocycles. The number of halogens is 2. The molecule has 0 bridgehead atoms. The molecule has 0 saturated carbocycles. The van der Waals surface area contributed by atoms with E-state index in [1.54, 1.807) is 58.9 Å². The molecule has 4 rings (SSSR count). The highest BCUT2D eigenvalue weighted by molar-refractivity contribution is 6.39. The van der Waals surface area contributed by atoms with Crippen molar-refractivity contribution in [3.05, 3.63) is 87.7 Å². The van der Waals surface area contributed by atoms with Crippen molar-refractivity contribution in [2.45, 2.75) is 84.3 Å². The number of aryl methyl sites for hydroxylation is 1. The number of methoxy groups -OCH3 is 1. The van der Waals surface area contributed by atoms with E-state index in [-0.39, 0.29) is 35.2 Å². The molecule has 0 unspecified atom stereocenters. The van der Waals surface area contributed by atoms with Crippen LogP contribution in [-0.4, -0.2) is 93.1 Å². The molecule has 1 heterocycles. The van der Waals surface area contributed by atoms with Crippen molar-refractivity contribution in [2.24, 2.45) is 5.92 Å². The van der Waals surface area contributed by atoms with Gasteiger partial charge in [-0.05, 0) is 72.5 Å².